The fourth-order valence-corrected chi connectivity index (χ4v) is 3.07. The smallest absolute Gasteiger partial charge is 0.373 e. The molecule has 0 aromatic carbocycles. The van der Waals surface area contributed by atoms with Crippen LogP contribution in [-0.4, -0.2) is 40.5 Å². The third kappa shape index (κ3) is 2.21. The normalized spacial score (nSPS) is 22.2. The molecule has 2 aliphatic rings. The Morgan fingerprint density at radius 3 is 2.83 bits per heavy atom. The number of hydrogen-bond donors (Lipinski definition) is 1. The van der Waals surface area contributed by atoms with Crippen molar-refractivity contribution in [1.29, 1.82) is 0 Å². The molecular formula is C10H12N2O5S. The van der Waals surface area contributed by atoms with E-state index in [0.717, 1.165) is 0 Å². The van der Waals surface area contributed by atoms with Crippen LogP contribution in [0.25, 0.3) is 0 Å². The Hall–Kier alpha value is -1.54. The number of nitrogens with two attached hydrogens (primary N) is 1. The highest BCUT2D eigenvalue weighted by molar-refractivity contribution is 8.00. The van der Waals surface area contributed by atoms with Crippen LogP contribution in [0.2, 0.25) is 0 Å². The first-order chi connectivity index (χ1) is 8.54. The minimum atomic E-state index is -0.782. The molecule has 0 saturated carbocycles. The van der Waals surface area contributed by atoms with Crippen LogP contribution in [0.5, 0.6) is 0 Å². The summed E-state index contributed by atoms with van der Waals surface area (Å²) in [5.41, 5.74) is 0.647. The van der Waals surface area contributed by atoms with E-state index in [9.17, 15) is 14.4 Å². The third-order valence-corrected chi connectivity index (χ3v) is 3.96. The molecule has 2 rings (SSSR count). The van der Waals surface area contributed by atoms with Gasteiger partial charge in [-0.25, -0.2) is 4.79 Å². The van der Waals surface area contributed by atoms with E-state index >= 15 is 0 Å². The Bertz CT molecular complexity index is 448. The largest absolute Gasteiger partial charge is 0.461 e. The van der Waals surface area contributed by atoms with Crippen LogP contribution in [0.4, 0.5) is 0 Å². The molecular weight excluding hydrogens is 260 g/mol. The van der Waals surface area contributed by atoms with Gasteiger partial charge >= 0.3 is 11.9 Å². The first-order valence-corrected chi connectivity index (χ1v) is 6.29. The van der Waals surface area contributed by atoms with E-state index < -0.39 is 11.9 Å². The number of amides is 1. The maximum absolute atomic E-state index is 11.6. The number of thioether (sulfide) groups is 1. The molecule has 1 fully saturated rings. The van der Waals surface area contributed by atoms with Gasteiger partial charge < -0.3 is 9.57 Å². The standard InChI is InChI=1S/C10H12N2O5S/c1-5(13)16-3-6-4-18-8-2-7(14)12(8)9(6)10(15)17-11/h8H,2-4,11H2,1H3. The second kappa shape index (κ2) is 4.99. The molecule has 1 amide bonds. The number of fused-ring (bicyclic) bond motifs is 1. The van der Waals surface area contributed by atoms with Gasteiger partial charge in [0.1, 0.15) is 12.3 Å². The van der Waals surface area contributed by atoms with Crippen LogP contribution in [0.1, 0.15) is 13.3 Å². The number of ether oxygens (including phenoxy) is 1. The Morgan fingerprint density at radius 2 is 2.28 bits per heavy atom. The maximum Gasteiger partial charge on any atom is 0.373 e. The van der Waals surface area contributed by atoms with Crippen LogP contribution in [0.3, 0.4) is 0 Å². The molecule has 2 heterocycles. The first kappa shape index (κ1) is 12.9. The second-order valence-electron chi connectivity index (χ2n) is 3.87. The summed E-state index contributed by atoms with van der Waals surface area (Å²) >= 11 is 1.52. The van der Waals surface area contributed by atoms with Gasteiger partial charge in [0.15, 0.2) is 0 Å². The fraction of sp³-hybridized carbons (Fsp3) is 0.500. The van der Waals surface area contributed by atoms with Crippen molar-refractivity contribution in [1.82, 2.24) is 4.90 Å². The van der Waals surface area contributed by atoms with Crippen LogP contribution < -0.4 is 5.90 Å². The van der Waals surface area contributed by atoms with E-state index in [4.69, 9.17) is 10.6 Å². The lowest BCUT2D eigenvalue weighted by Gasteiger charge is -2.44. The predicted molar refractivity (Wildman–Crippen MR) is 61.6 cm³/mol. The summed E-state index contributed by atoms with van der Waals surface area (Å²) in [5, 5.41) is -0.0484. The molecule has 1 saturated heterocycles. The average molecular weight is 272 g/mol. The number of nitrogens with zero attached hydrogens (tertiary/aromatic N) is 1. The zero-order valence-corrected chi connectivity index (χ0v) is 10.5. The monoisotopic (exact) mass is 272 g/mol. The summed E-state index contributed by atoms with van der Waals surface area (Å²) in [7, 11) is 0. The molecule has 8 heteroatoms. The van der Waals surface area contributed by atoms with E-state index in [2.05, 4.69) is 4.84 Å². The molecule has 2 N–H and O–H groups in total. The van der Waals surface area contributed by atoms with Crippen molar-refractivity contribution < 1.29 is 24.0 Å². The topological polar surface area (TPSA) is 98.9 Å². The molecule has 7 nitrogen and oxygen atoms in total. The lowest BCUT2D eigenvalue weighted by atomic mass is 10.1. The van der Waals surface area contributed by atoms with Gasteiger partial charge in [-0.05, 0) is 0 Å². The molecule has 98 valence electrons. The Balaban J connectivity index is 2.26. The predicted octanol–water partition coefficient (Wildman–Crippen LogP) is -0.474. The van der Waals surface area contributed by atoms with Crippen molar-refractivity contribution in [2.45, 2.75) is 18.7 Å². The minimum absolute atomic E-state index is 0.0384. The summed E-state index contributed by atoms with van der Waals surface area (Å²) in [6, 6.07) is 0. The lowest BCUT2D eigenvalue weighted by molar-refractivity contribution is -0.150. The quantitative estimate of drug-likeness (QED) is 0.421. The van der Waals surface area contributed by atoms with Gasteiger partial charge in [0.2, 0.25) is 5.91 Å². The first-order valence-electron chi connectivity index (χ1n) is 5.24. The van der Waals surface area contributed by atoms with Crippen molar-refractivity contribution in [3.05, 3.63) is 11.3 Å². The SMILES string of the molecule is CC(=O)OCC1=C(C(=O)ON)N2C(=O)CC2SC1. The van der Waals surface area contributed by atoms with Gasteiger partial charge in [0, 0.05) is 18.2 Å². The number of carbonyl (C=O) groups is 3. The van der Waals surface area contributed by atoms with E-state index in [1.54, 1.807) is 0 Å². The average Bonchev–Trinajstić information content (AvgIpc) is 2.33. The summed E-state index contributed by atoms with van der Waals surface area (Å²) in [6.07, 6.45) is 0.396. The molecule has 0 aliphatic carbocycles. The van der Waals surface area contributed by atoms with Crippen LogP contribution >= 0.6 is 11.8 Å². The molecule has 0 spiro atoms. The van der Waals surface area contributed by atoms with Crippen LogP contribution in [-0.2, 0) is 24.0 Å². The zero-order chi connectivity index (χ0) is 13.3. The molecule has 2 aliphatic heterocycles. The van der Waals surface area contributed by atoms with Crippen molar-refractivity contribution in [3.8, 4) is 0 Å². The van der Waals surface area contributed by atoms with Gasteiger partial charge in [-0.1, -0.05) is 0 Å². The van der Waals surface area contributed by atoms with Gasteiger partial charge in [-0.2, -0.15) is 5.90 Å². The van der Waals surface area contributed by atoms with Crippen molar-refractivity contribution in [2.24, 2.45) is 5.90 Å². The highest BCUT2D eigenvalue weighted by Crippen LogP contribution is 2.40. The van der Waals surface area contributed by atoms with E-state index in [1.807, 2.05) is 0 Å². The highest BCUT2D eigenvalue weighted by atomic mass is 32.2. The van der Waals surface area contributed by atoms with Crippen LogP contribution in [0.15, 0.2) is 11.3 Å². The van der Waals surface area contributed by atoms with Gasteiger partial charge in [-0.3, -0.25) is 14.5 Å². The molecule has 0 aromatic rings. The van der Waals surface area contributed by atoms with Crippen molar-refractivity contribution in [3.63, 3.8) is 0 Å². The Kier molecular flexibility index (Phi) is 3.58. The van der Waals surface area contributed by atoms with Crippen molar-refractivity contribution in [2.75, 3.05) is 12.4 Å². The summed E-state index contributed by atoms with van der Waals surface area (Å²) in [6.45, 7) is 1.23. The number of hydrogen-bond acceptors (Lipinski definition) is 7. The Morgan fingerprint density at radius 1 is 1.56 bits per heavy atom. The maximum atomic E-state index is 11.6. The minimum Gasteiger partial charge on any atom is -0.461 e. The van der Waals surface area contributed by atoms with Crippen LogP contribution in [0, 0.1) is 0 Å². The third-order valence-electron chi connectivity index (χ3n) is 2.68. The Labute approximate surface area is 107 Å². The van der Waals surface area contributed by atoms with Crippen molar-refractivity contribution >= 4 is 29.6 Å². The fourth-order valence-electron chi connectivity index (χ4n) is 1.82. The molecule has 1 unspecified atom stereocenters. The van der Waals surface area contributed by atoms with Gasteiger partial charge in [0.05, 0.1) is 11.8 Å². The van der Waals surface area contributed by atoms with Gasteiger partial charge in [0.25, 0.3) is 0 Å². The number of carbonyl (C=O) groups excluding carboxylic acids is 3. The van der Waals surface area contributed by atoms with E-state index in [-0.39, 0.29) is 23.6 Å². The molecule has 18 heavy (non-hydrogen) atoms. The zero-order valence-electron chi connectivity index (χ0n) is 9.67. The summed E-state index contributed by atoms with van der Waals surface area (Å²) < 4.78 is 4.85. The summed E-state index contributed by atoms with van der Waals surface area (Å²) in [4.78, 5) is 39.4. The number of β-lactam (4-membered cyclic amide) rings is 1. The molecule has 0 radical (unpaired) electrons. The summed E-state index contributed by atoms with van der Waals surface area (Å²) in [5.74, 6) is 3.97. The molecule has 0 aromatic heterocycles. The number of esters is 1. The number of rotatable bonds is 3. The van der Waals surface area contributed by atoms with E-state index in [1.165, 1.54) is 23.6 Å². The van der Waals surface area contributed by atoms with E-state index in [0.29, 0.717) is 17.7 Å². The molecule has 0 bridgehead atoms. The second-order valence-corrected chi connectivity index (χ2v) is 5.04. The van der Waals surface area contributed by atoms with Gasteiger partial charge in [-0.15, -0.1) is 11.8 Å². The molecule has 1 atom stereocenters. The lowest BCUT2D eigenvalue weighted by Crippen LogP contribution is -2.54. The highest BCUT2D eigenvalue weighted by Gasteiger charge is 2.45.